The molecular formula is C20H19NO4. The first-order valence-electron chi connectivity index (χ1n) is 8.42. The first-order chi connectivity index (χ1) is 12.0. The van der Waals surface area contributed by atoms with Crippen LogP contribution in [0.5, 0.6) is 0 Å². The number of furan rings is 1. The molecule has 1 aromatic heterocycles. The number of carbonyl (C=O) groups excluding carboxylic acids is 1. The number of para-hydroxylation sites is 1. The standard InChI is InChI=1S/C20H19NO4/c1-11-6-9-16(25-11)14-4-2-3-5-15(14)21-19(22)17-12-7-8-13(10-12)18(17)20(23)24/h2-9,12-13,17-18H,10H2,1H3,(H,21,22)(H,23,24)/t12-,13+,17+,18+/m1/s1. The van der Waals surface area contributed by atoms with E-state index in [2.05, 4.69) is 5.32 Å². The van der Waals surface area contributed by atoms with E-state index in [1.807, 2.05) is 55.5 Å². The van der Waals surface area contributed by atoms with Crippen molar-refractivity contribution in [2.75, 3.05) is 5.32 Å². The molecule has 2 aliphatic carbocycles. The van der Waals surface area contributed by atoms with Crippen molar-refractivity contribution >= 4 is 17.6 Å². The fourth-order valence-electron chi connectivity index (χ4n) is 4.12. The van der Waals surface area contributed by atoms with Gasteiger partial charge in [0.25, 0.3) is 0 Å². The molecule has 4 rings (SSSR count). The van der Waals surface area contributed by atoms with Crippen LogP contribution >= 0.6 is 0 Å². The molecule has 0 unspecified atom stereocenters. The van der Waals surface area contributed by atoms with Crippen molar-refractivity contribution in [2.45, 2.75) is 13.3 Å². The molecule has 2 aliphatic rings. The highest BCUT2D eigenvalue weighted by atomic mass is 16.4. The predicted octanol–water partition coefficient (Wildman–Crippen LogP) is 3.72. The Bertz CT molecular complexity index is 866. The summed E-state index contributed by atoms with van der Waals surface area (Å²) in [5.74, 6) is -0.875. The molecule has 0 saturated heterocycles. The van der Waals surface area contributed by atoms with Gasteiger partial charge in [0.2, 0.25) is 5.91 Å². The topological polar surface area (TPSA) is 79.5 Å². The molecule has 1 heterocycles. The van der Waals surface area contributed by atoms with E-state index in [0.717, 1.165) is 17.7 Å². The van der Waals surface area contributed by atoms with Crippen molar-refractivity contribution in [2.24, 2.45) is 23.7 Å². The number of amides is 1. The second-order valence-electron chi connectivity index (χ2n) is 6.78. The molecule has 0 spiro atoms. The van der Waals surface area contributed by atoms with Crippen molar-refractivity contribution in [3.8, 4) is 11.3 Å². The Balaban J connectivity index is 1.62. The minimum Gasteiger partial charge on any atom is -0.481 e. The molecule has 5 heteroatoms. The first-order valence-corrected chi connectivity index (χ1v) is 8.42. The number of carbonyl (C=O) groups is 2. The van der Waals surface area contributed by atoms with Crippen LogP contribution in [0, 0.1) is 30.6 Å². The number of carboxylic acids is 1. The maximum absolute atomic E-state index is 12.9. The Kier molecular flexibility index (Phi) is 3.71. The van der Waals surface area contributed by atoms with Gasteiger partial charge in [-0.2, -0.15) is 0 Å². The Morgan fingerprint density at radius 2 is 1.80 bits per heavy atom. The third-order valence-electron chi connectivity index (χ3n) is 5.24. The van der Waals surface area contributed by atoms with Gasteiger partial charge in [-0.3, -0.25) is 9.59 Å². The van der Waals surface area contributed by atoms with Gasteiger partial charge in [0.1, 0.15) is 11.5 Å². The zero-order valence-corrected chi connectivity index (χ0v) is 13.8. The summed E-state index contributed by atoms with van der Waals surface area (Å²) in [6, 6.07) is 11.1. The Morgan fingerprint density at radius 1 is 1.08 bits per heavy atom. The number of benzene rings is 1. The Labute approximate surface area is 145 Å². The van der Waals surface area contributed by atoms with Crippen LogP contribution in [-0.4, -0.2) is 17.0 Å². The minimum absolute atomic E-state index is 0.00381. The maximum atomic E-state index is 12.9. The van der Waals surface area contributed by atoms with Crippen LogP contribution in [-0.2, 0) is 9.59 Å². The number of rotatable bonds is 4. The van der Waals surface area contributed by atoms with Gasteiger partial charge in [-0.1, -0.05) is 24.3 Å². The number of fused-ring (bicyclic) bond motifs is 2. The van der Waals surface area contributed by atoms with E-state index in [9.17, 15) is 14.7 Å². The van der Waals surface area contributed by atoms with E-state index in [0.29, 0.717) is 11.4 Å². The van der Waals surface area contributed by atoms with E-state index in [-0.39, 0.29) is 17.7 Å². The predicted molar refractivity (Wildman–Crippen MR) is 92.9 cm³/mol. The van der Waals surface area contributed by atoms with Gasteiger partial charge < -0.3 is 14.8 Å². The summed E-state index contributed by atoms with van der Waals surface area (Å²) in [5, 5.41) is 12.5. The summed E-state index contributed by atoms with van der Waals surface area (Å²) in [5.41, 5.74) is 1.42. The van der Waals surface area contributed by atoms with Crippen LogP contribution < -0.4 is 5.32 Å². The number of allylic oxidation sites excluding steroid dienone is 2. The summed E-state index contributed by atoms with van der Waals surface area (Å²) in [6.45, 7) is 1.86. The molecule has 25 heavy (non-hydrogen) atoms. The zero-order chi connectivity index (χ0) is 17.6. The quantitative estimate of drug-likeness (QED) is 0.834. The number of hydrogen-bond acceptors (Lipinski definition) is 3. The lowest BCUT2D eigenvalue weighted by atomic mass is 9.82. The molecule has 1 aromatic carbocycles. The van der Waals surface area contributed by atoms with Crippen LogP contribution in [0.2, 0.25) is 0 Å². The minimum atomic E-state index is -0.896. The van der Waals surface area contributed by atoms with Crippen LogP contribution in [0.15, 0.2) is 53.0 Å². The van der Waals surface area contributed by atoms with E-state index in [1.165, 1.54) is 0 Å². The number of aryl methyl sites for hydroxylation is 1. The SMILES string of the molecule is Cc1ccc(-c2ccccc2NC(=O)[C@@H]2[C@@H](C(=O)O)[C@H]3C=C[C@@H]2C3)o1. The number of carboxylic acid groups (broad SMARTS) is 1. The molecule has 4 atom stereocenters. The highest BCUT2D eigenvalue weighted by Gasteiger charge is 2.51. The Morgan fingerprint density at radius 3 is 2.48 bits per heavy atom. The van der Waals surface area contributed by atoms with Gasteiger partial charge in [-0.05, 0) is 49.4 Å². The summed E-state index contributed by atoms with van der Waals surface area (Å²) in [6.07, 6.45) is 4.66. The first kappa shape index (κ1) is 15.7. The number of aliphatic carboxylic acids is 1. The summed E-state index contributed by atoms with van der Waals surface area (Å²) in [4.78, 5) is 24.5. The van der Waals surface area contributed by atoms with Crippen molar-refractivity contribution in [3.05, 3.63) is 54.3 Å². The molecule has 1 fully saturated rings. The van der Waals surface area contributed by atoms with Gasteiger partial charge in [0.15, 0.2) is 0 Å². The van der Waals surface area contributed by atoms with E-state index in [4.69, 9.17) is 4.42 Å². The lowest BCUT2D eigenvalue weighted by molar-refractivity contribution is -0.146. The van der Waals surface area contributed by atoms with E-state index < -0.39 is 17.8 Å². The highest BCUT2D eigenvalue weighted by molar-refractivity contribution is 5.99. The fraction of sp³-hybridized carbons (Fsp3) is 0.300. The Hall–Kier alpha value is -2.82. The molecular weight excluding hydrogens is 318 g/mol. The molecule has 0 aliphatic heterocycles. The lowest BCUT2D eigenvalue weighted by Gasteiger charge is -2.24. The van der Waals surface area contributed by atoms with E-state index >= 15 is 0 Å². The molecule has 5 nitrogen and oxygen atoms in total. The van der Waals surface area contributed by atoms with Crippen LogP contribution in [0.25, 0.3) is 11.3 Å². The second kappa shape index (κ2) is 5.92. The van der Waals surface area contributed by atoms with Gasteiger partial charge in [-0.25, -0.2) is 0 Å². The zero-order valence-electron chi connectivity index (χ0n) is 13.8. The molecule has 2 aromatic rings. The third kappa shape index (κ3) is 2.65. The number of anilines is 1. The third-order valence-corrected chi connectivity index (χ3v) is 5.24. The number of hydrogen-bond donors (Lipinski definition) is 2. The van der Waals surface area contributed by atoms with Crippen molar-refractivity contribution < 1.29 is 19.1 Å². The molecule has 0 radical (unpaired) electrons. The smallest absolute Gasteiger partial charge is 0.307 e. The van der Waals surface area contributed by atoms with Crippen LogP contribution in [0.1, 0.15) is 12.2 Å². The van der Waals surface area contributed by atoms with Crippen molar-refractivity contribution in [1.82, 2.24) is 0 Å². The maximum Gasteiger partial charge on any atom is 0.307 e. The fourth-order valence-corrected chi connectivity index (χ4v) is 4.12. The van der Waals surface area contributed by atoms with E-state index in [1.54, 1.807) is 0 Å². The van der Waals surface area contributed by atoms with Crippen LogP contribution in [0.3, 0.4) is 0 Å². The van der Waals surface area contributed by atoms with Crippen LogP contribution in [0.4, 0.5) is 5.69 Å². The van der Waals surface area contributed by atoms with Gasteiger partial charge >= 0.3 is 5.97 Å². The second-order valence-corrected chi connectivity index (χ2v) is 6.78. The average Bonchev–Trinajstić information content (AvgIpc) is 3.30. The summed E-state index contributed by atoms with van der Waals surface area (Å²) in [7, 11) is 0. The molecule has 2 bridgehead atoms. The largest absolute Gasteiger partial charge is 0.481 e. The number of nitrogens with one attached hydrogen (secondary N) is 1. The monoisotopic (exact) mass is 337 g/mol. The van der Waals surface area contributed by atoms with Gasteiger partial charge in [-0.15, -0.1) is 0 Å². The summed E-state index contributed by atoms with van der Waals surface area (Å²) >= 11 is 0. The van der Waals surface area contributed by atoms with Crippen molar-refractivity contribution in [1.29, 1.82) is 0 Å². The lowest BCUT2D eigenvalue weighted by Crippen LogP contribution is -2.36. The molecule has 128 valence electrons. The normalized spacial score (nSPS) is 26.8. The van der Waals surface area contributed by atoms with Gasteiger partial charge in [0, 0.05) is 5.56 Å². The van der Waals surface area contributed by atoms with Gasteiger partial charge in [0.05, 0.1) is 17.5 Å². The summed E-state index contributed by atoms with van der Waals surface area (Å²) < 4.78 is 5.67. The molecule has 2 N–H and O–H groups in total. The highest BCUT2D eigenvalue weighted by Crippen LogP contribution is 2.48. The molecule has 1 saturated carbocycles. The molecule has 1 amide bonds. The average molecular weight is 337 g/mol. The van der Waals surface area contributed by atoms with Crippen molar-refractivity contribution in [3.63, 3.8) is 0 Å².